The number of hydrogen-bond donors (Lipinski definition) is 2. The first kappa shape index (κ1) is 13.5. The van der Waals surface area contributed by atoms with Crippen LogP contribution in [-0.4, -0.2) is 45.7 Å². The van der Waals surface area contributed by atoms with Crippen LogP contribution in [0.2, 0.25) is 0 Å². The molecule has 2 N–H and O–H groups in total. The number of carbonyl (C=O) groups excluding carboxylic acids is 1. The minimum absolute atomic E-state index is 0.00453. The van der Waals surface area contributed by atoms with Gasteiger partial charge >= 0.3 is 5.97 Å². The average Bonchev–Trinajstić information content (AvgIpc) is 2.74. The number of benzene rings is 1. The number of amides is 1. The monoisotopic (exact) mass is 267 g/mol. The molecule has 1 aliphatic rings. The van der Waals surface area contributed by atoms with Crippen LogP contribution in [0.3, 0.4) is 0 Å². The van der Waals surface area contributed by atoms with Crippen molar-refractivity contribution in [2.75, 3.05) is 6.54 Å². The van der Waals surface area contributed by atoms with Crippen molar-refractivity contribution in [1.29, 1.82) is 0 Å². The molecule has 2 rings (SSSR count). The van der Waals surface area contributed by atoms with Gasteiger partial charge in [0, 0.05) is 18.5 Å². The summed E-state index contributed by atoms with van der Waals surface area (Å²) in [6.45, 7) is 1.60. The molecule has 5 nitrogen and oxygen atoms in total. The summed E-state index contributed by atoms with van der Waals surface area (Å²) in [6, 6.07) is 2.72. The standard InChI is InChI=1S/C13H14FNO4/c1-7-2-3-8(14)4-10(7)12(17)15-6-9(16)5-11(15)13(18)19/h2-4,9,11,16H,5-6H2,1H3,(H,18,19)/t9-,11+/m1/s1. The summed E-state index contributed by atoms with van der Waals surface area (Å²) in [5.74, 6) is -2.29. The highest BCUT2D eigenvalue weighted by Gasteiger charge is 2.39. The Balaban J connectivity index is 2.33. The van der Waals surface area contributed by atoms with Crippen molar-refractivity contribution in [3.8, 4) is 0 Å². The first-order valence-corrected chi connectivity index (χ1v) is 5.88. The summed E-state index contributed by atoms with van der Waals surface area (Å²) >= 11 is 0. The number of nitrogens with zero attached hydrogens (tertiary/aromatic N) is 1. The molecule has 0 saturated carbocycles. The van der Waals surface area contributed by atoms with Crippen LogP contribution >= 0.6 is 0 Å². The van der Waals surface area contributed by atoms with Crippen molar-refractivity contribution < 1.29 is 24.2 Å². The van der Waals surface area contributed by atoms with E-state index in [9.17, 15) is 19.1 Å². The second-order valence-corrected chi connectivity index (χ2v) is 4.66. The maximum absolute atomic E-state index is 13.2. The van der Waals surface area contributed by atoms with E-state index in [0.29, 0.717) is 5.56 Å². The highest BCUT2D eigenvalue weighted by Crippen LogP contribution is 2.22. The quantitative estimate of drug-likeness (QED) is 0.830. The first-order valence-electron chi connectivity index (χ1n) is 5.88. The molecule has 1 fully saturated rings. The Kier molecular flexibility index (Phi) is 3.53. The van der Waals surface area contributed by atoms with Crippen LogP contribution in [0.4, 0.5) is 4.39 Å². The molecule has 6 heteroatoms. The summed E-state index contributed by atoms with van der Waals surface area (Å²) in [4.78, 5) is 24.4. The van der Waals surface area contributed by atoms with E-state index in [0.717, 1.165) is 11.0 Å². The molecule has 0 radical (unpaired) electrons. The van der Waals surface area contributed by atoms with E-state index in [-0.39, 0.29) is 18.5 Å². The Hall–Kier alpha value is -1.95. The maximum atomic E-state index is 13.2. The van der Waals surface area contributed by atoms with Gasteiger partial charge in [-0.05, 0) is 24.6 Å². The van der Waals surface area contributed by atoms with Gasteiger partial charge in [-0.3, -0.25) is 4.79 Å². The number of rotatable bonds is 2. The molecule has 1 saturated heterocycles. The highest BCUT2D eigenvalue weighted by molar-refractivity contribution is 5.98. The topological polar surface area (TPSA) is 77.8 Å². The van der Waals surface area contributed by atoms with Gasteiger partial charge in [0.25, 0.3) is 5.91 Å². The number of β-amino-alcohol motifs (C(OH)–C–C–N with tert-alkyl or cyclic N) is 1. The number of halogens is 1. The third kappa shape index (κ3) is 2.58. The lowest BCUT2D eigenvalue weighted by atomic mass is 10.1. The molecule has 1 aliphatic heterocycles. The lowest BCUT2D eigenvalue weighted by Gasteiger charge is -2.22. The molecule has 0 bridgehead atoms. The number of aliphatic hydroxyl groups excluding tert-OH is 1. The number of aliphatic hydroxyl groups is 1. The van der Waals surface area contributed by atoms with Gasteiger partial charge in [0.2, 0.25) is 0 Å². The van der Waals surface area contributed by atoms with Crippen LogP contribution in [0.15, 0.2) is 18.2 Å². The molecule has 1 amide bonds. The van der Waals surface area contributed by atoms with E-state index in [1.165, 1.54) is 12.1 Å². The van der Waals surface area contributed by atoms with Crippen LogP contribution in [-0.2, 0) is 4.79 Å². The van der Waals surface area contributed by atoms with Crippen molar-refractivity contribution in [2.45, 2.75) is 25.5 Å². The van der Waals surface area contributed by atoms with Gasteiger partial charge in [-0.15, -0.1) is 0 Å². The summed E-state index contributed by atoms with van der Waals surface area (Å²) in [5, 5.41) is 18.5. The van der Waals surface area contributed by atoms with E-state index in [2.05, 4.69) is 0 Å². The Morgan fingerprint density at radius 2 is 2.11 bits per heavy atom. The fourth-order valence-corrected chi connectivity index (χ4v) is 2.25. The van der Waals surface area contributed by atoms with E-state index < -0.39 is 29.8 Å². The molecule has 19 heavy (non-hydrogen) atoms. The number of hydrogen-bond acceptors (Lipinski definition) is 3. The summed E-state index contributed by atoms with van der Waals surface area (Å²) in [7, 11) is 0. The van der Waals surface area contributed by atoms with Gasteiger partial charge in [-0.25, -0.2) is 9.18 Å². The normalized spacial score (nSPS) is 22.6. The summed E-state index contributed by atoms with van der Waals surface area (Å²) < 4.78 is 13.2. The van der Waals surface area contributed by atoms with Crippen molar-refractivity contribution in [3.63, 3.8) is 0 Å². The van der Waals surface area contributed by atoms with Crippen molar-refractivity contribution in [1.82, 2.24) is 4.90 Å². The zero-order valence-corrected chi connectivity index (χ0v) is 10.3. The second kappa shape index (κ2) is 4.97. The molecule has 0 spiro atoms. The van der Waals surface area contributed by atoms with Crippen molar-refractivity contribution in [2.24, 2.45) is 0 Å². The van der Waals surface area contributed by atoms with E-state index in [1.54, 1.807) is 6.92 Å². The van der Waals surface area contributed by atoms with Crippen molar-refractivity contribution in [3.05, 3.63) is 35.1 Å². The molecule has 2 atom stereocenters. The molecular weight excluding hydrogens is 253 g/mol. The average molecular weight is 267 g/mol. The van der Waals surface area contributed by atoms with E-state index in [4.69, 9.17) is 5.11 Å². The van der Waals surface area contributed by atoms with Crippen LogP contribution in [0.5, 0.6) is 0 Å². The predicted molar refractivity (Wildman–Crippen MR) is 64.2 cm³/mol. The first-order chi connectivity index (χ1) is 8.90. The van der Waals surface area contributed by atoms with Crippen molar-refractivity contribution >= 4 is 11.9 Å². The van der Waals surface area contributed by atoms with Gasteiger partial charge in [0.15, 0.2) is 0 Å². The molecule has 0 aliphatic carbocycles. The molecule has 1 heterocycles. The number of likely N-dealkylation sites (tertiary alicyclic amines) is 1. The van der Waals surface area contributed by atoms with Gasteiger partial charge in [-0.2, -0.15) is 0 Å². The Bertz CT molecular complexity index is 531. The Morgan fingerprint density at radius 1 is 1.42 bits per heavy atom. The van der Waals surface area contributed by atoms with E-state index in [1.807, 2.05) is 0 Å². The number of aliphatic carboxylic acids is 1. The SMILES string of the molecule is Cc1ccc(F)cc1C(=O)N1C[C@H](O)C[C@H]1C(=O)O. The minimum atomic E-state index is -1.17. The van der Waals surface area contributed by atoms with Crippen LogP contribution < -0.4 is 0 Å². The summed E-state index contributed by atoms with van der Waals surface area (Å²) in [5.41, 5.74) is 0.692. The largest absolute Gasteiger partial charge is 0.480 e. The van der Waals surface area contributed by atoms with Gasteiger partial charge < -0.3 is 15.1 Å². The van der Waals surface area contributed by atoms with Gasteiger partial charge in [-0.1, -0.05) is 6.07 Å². The highest BCUT2D eigenvalue weighted by atomic mass is 19.1. The number of aryl methyl sites for hydroxylation is 1. The minimum Gasteiger partial charge on any atom is -0.480 e. The Labute approximate surface area is 109 Å². The maximum Gasteiger partial charge on any atom is 0.326 e. The number of carboxylic acids is 1. The zero-order chi connectivity index (χ0) is 14.2. The second-order valence-electron chi connectivity index (χ2n) is 4.66. The van der Waals surface area contributed by atoms with Crippen LogP contribution in [0, 0.1) is 12.7 Å². The molecule has 1 aromatic rings. The number of carbonyl (C=O) groups is 2. The smallest absolute Gasteiger partial charge is 0.326 e. The van der Waals surface area contributed by atoms with Gasteiger partial charge in [0.1, 0.15) is 11.9 Å². The molecule has 102 valence electrons. The molecule has 1 aromatic carbocycles. The van der Waals surface area contributed by atoms with Crippen LogP contribution in [0.1, 0.15) is 22.3 Å². The fraction of sp³-hybridized carbons (Fsp3) is 0.385. The Morgan fingerprint density at radius 3 is 2.74 bits per heavy atom. The lowest BCUT2D eigenvalue weighted by molar-refractivity contribution is -0.141. The molecule has 0 unspecified atom stereocenters. The molecule has 0 aromatic heterocycles. The van der Waals surface area contributed by atoms with Gasteiger partial charge in [0.05, 0.1) is 6.10 Å². The number of carboxylic acid groups (broad SMARTS) is 1. The predicted octanol–water partition coefficient (Wildman–Crippen LogP) is 0.794. The zero-order valence-electron chi connectivity index (χ0n) is 10.3. The third-order valence-electron chi connectivity index (χ3n) is 3.25. The lowest BCUT2D eigenvalue weighted by Crippen LogP contribution is -2.40. The van der Waals surface area contributed by atoms with Crippen LogP contribution in [0.25, 0.3) is 0 Å². The van der Waals surface area contributed by atoms with E-state index >= 15 is 0 Å². The fourth-order valence-electron chi connectivity index (χ4n) is 2.25. The molecular formula is C13H14FNO4. The third-order valence-corrected chi connectivity index (χ3v) is 3.25. The summed E-state index contributed by atoms with van der Waals surface area (Å²) in [6.07, 6.45) is -0.867.